The van der Waals surface area contributed by atoms with Gasteiger partial charge in [0.1, 0.15) is 0 Å². The van der Waals surface area contributed by atoms with E-state index >= 15 is 0 Å². The van der Waals surface area contributed by atoms with Crippen LogP contribution in [0.3, 0.4) is 0 Å². The molecule has 1 fully saturated rings. The number of nitrogens with zero attached hydrogens (tertiary/aromatic N) is 1. The van der Waals surface area contributed by atoms with Crippen molar-refractivity contribution in [2.45, 2.75) is 91.8 Å². The van der Waals surface area contributed by atoms with Gasteiger partial charge in [-0.1, -0.05) is 7.43 Å². The molecule has 0 bridgehead atoms. The van der Waals surface area contributed by atoms with E-state index in [9.17, 15) is 0 Å². The second kappa shape index (κ2) is 4.66. The molecule has 2 nitrogen and oxygen atoms in total. The zero-order valence-corrected chi connectivity index (χ0v) is 11.5. The van der Waals surface area contributed by atoms with Gasteiger partial charge in [0.25, 0.3) is 0 Å². The Morgan fingerprint density at radius 1 is 0.938 bits per heavy atom. The summed E-state index contributed by atoms with van der Waals surface area (Å²) in [4.78, 5) is 6.14. The second-order valence-electron chi connectivity index (χ2n) is 6.98. The Morgan fingerprint density at radius 2 is 1.31 bits per heavy atom. The first-order valence-corrected chi connectivity index (χ1v) is 6.04. The monoisotopic (exact) mass is 229 g/mol. The van der Waals surface area contributed by atoms with Crippen LogP contribution in [-0.2, 0) is 4.84 Å². The van der Waals surface area contributed by atoms with E-state index in [0.717, 1.165) is 0 Å². The van der Waals surface area contributed by atoms with Crippen LogP contribution in [0.1, 0.15) is 75.2 Å². The van der Waals surface area contributed by atoms with E-state index in [4.69, 9.17) is 4.84 Å². The number of piperidine rings is 1. The SMILES string of the molecule is C.CC(C)(C)ON1C(C)(C)CCCC1(C)C. The third kappa shape index (κ3) is 3.74. The molecule has 2 heteroatoms. The summed E-state index contributed by atoms with van der Waals surface area (Å²) in [5, 5.41) is 2.23. The first-order valence-electron chi connectivity index (χ1n) is 6.04. The fourth-order valence-electron chi connectivity index (χ4n) is 2.50. The van der Waals surface area contributed by atoms with Crippen LogP contribution in [0.2, 0.25) is 0 Å². The van der Waals surface area contributed by atoms with E-state index in [1.165, 1.54) is 19.3 Å². The van der Waals surface area contributed by atoms with Gasteiger partial charge in [-0.3, -0.25) is 4.84 Å². The molecule has 0 atom stereocenters. The highest BCUT2D eigenvalue weighted by Gasteiger charge is 2.44. The number of rotatable bonds is 1. The minimum absolute atomic E-state index is 0. The Kier molecular flexibility index (Phi) is 4.63. The number of hydrogen-bond donors (Lipinski definition) is 0. The maximum Gasteiger partial charge on any atom is 0.0816 e. The van der Waals surface area contributed by atoms with Crippen LogP contribution in [-0.4, -0.2) is 21.7 Å². The average molecular weight is 229 g/mol. The highest BCUT2D eigenvalue weighted by molar-refractivity contribution is 4.93. The summed E-state index contributed by atoms with van der Waals surface area (Å²) in [5.74, 6) is 0. The Morgan fingerprint density at radius 3 is 1.62 bits per heavy atom. The molecule has 0 unspecified atom stereocenters. The van der Waals surface area contributed by atoms with Crippen molar-refractivity contribution in [1.29, 1.82) is 0 Å². The summed E-state index contributed by atoms with van der Waals surface area (Å²) < 4.78 is 0. The molecule has 1 aliphatic rings. The minimum atomic E-state index is -0.105. The first-order chi connectivity index (χ1) is 6.55. The van der Waals surface area contributed by atoms with Gasteiger partial charge in [-0.05, 0) is 67.7 Å². The lowest BCUT2D eigenvalue weighted by Gasteiger charge is -2.53. The molecule has 0 aliphatic carbocycles. The highest BCUT2D eigenvalue weighted by Crippen LogP contribution is 2.39. The fraction of sp³-hybridized carbons (Fsp3) is 1.00. The van der Waals surface area contributed by atoms with Crippen LogP contribution in [0.15, 0.2) is 0 Å². The lowest BCUT2D eigenvalue weighted by molar-refractivity contribution is -0.324. The van der Waals surface area contributed by atoms with Crippen molar-refractivity contribution in [3.63, 3.8) is 0 Å². The minimum Gasteiger partial charge on any atom is -0.292 e. The van der Waals surface area contributed by atoms with Crippen LogP contribution in [0.4, 0.5) is 0 Å². The standard InChI is InChI=1S/C13H27NO.CH4/c1-11(2,3)15-14-12(4,5)9-8-10-13(14,6)7;/h8-10H2,1-7H3;1H4. The third-order valence-corrected chi connectivity index (χ3v) is 3.04. The molecule has 1 heterocycles. The fourth-order valence-corrected chi connectivity index (χ4v) is 2.50. The predicted molar refractivity (Wildman–Crippen MR) is 71.4 cm³/mol. The number of hydroxylamine groups is 2. The Hall–Kier alpha value is -0.0800. The summed E-state index contributed by atoms with van der Waals surface area (Å²) in [7, 11) is 0. The topological polar surface area (TPSA) is 12.5 Å². The van der Waals surface area contributed by atoms with Crippen molar-refractivity contribution in [3.8, 4) is 0 Å². The van der Waals surface area contributed by atoms with Crippen molar-refractivity contribution in [3.05, 3.63) is 0 Å². The van der Waals surface area contributed by atoms with Gasteiger partial charge in [0.2, 0.25) is 0 Å². The van der Waals surface area contributed by atoms with Gasteiger partial charge in [0.05, 0.1) is 5.60 Å². The van der Waals surface area contributed by atoms with Gasteiger partial charge >= 0.3 is 0 Å². The van der Waals surface area contributed by atoms with E-state index in [1.54, 1.807) is 0 Å². The maximum absolute atomic E-state index is 6.14. The maximum atomic E-state index is 6.14. The molecule has 0 saturated carbocycles. The molecule has 0 aromatic heterocycles. The largest absolute Gasteiger partial charge is 0.292 e. The zero-order valence-electron chi connectivity index (χ0n) is 11.5. The normalized spacial score (nSPS) is 24.9. The summed E-state index contributed by atoms with van der Waals surface area (Å²) in [5.41, 5.74) is 0.190. The van der Waals surface area contributed by atoms with Crippen LogP contribution in [0.25, 0.3) is 0 Å². The van der Waals surface area contributed by atoms with Crippen molar-refractivity contribution >= 4 is 0 Å². The van der Waals surface area contributed by atoms with Crippen molar-refractivity contribution < 1.29 is 4.84 Å². The number of hydrogen-bond acceptors (Lipinski definition) is 2. The Bertz CT molecular complexity index is 209. The van der Waals surface area contributed by atoms with E-state index in [-0.39, 0.29) is 24.1 Å². The molecule has 1 aliphatic heterocycles. The van der Waals surface area contributed by atoms with Crippen molar-refractivity contribution in [2.24, 2.45) is 0 Å². The molecule has 0 aromatic rings. The van der Waals surface area contributed by atoms with E-state index in [1.807, 2.05) is 0 Å². The zero-order chi connectivity index (χ0) is 11.9. The average Bonchev–Trinajstić information content (AvgIpc) is 1.95. The Balaban J connectivity index is 0.00000225. The summed E-state index contributed by atoms with van der Waals surface area (Å²) in [6, 6.07) is 0. The van der Waals surface area contributed by atoms with Gasteiger partial charge in [0.15, 0.2) is 0 Å². The third-order valence-electron chi connectivity index (χ3n) is 3.04. The van der Waals surface area contributed by atoms with E-state index in [0.29, 0.717) is 0 Å². The predicted octanol–water partition coefficient (Wildman–Crippen LogP) is 4.40. The summed E-state index contributed by atoms with van der Waals surface area (Å²) >= 11 is 0. The van der Waals surface area contributed by atoms with Gasteiger partial charge in [-0.2, -0.15) is 5.06 Å². The first kappa shape index (κ1) is 15.9. The molecule has 0 amide bonds. The molecule has 1 saturated heterocycles. The molecular formula is C14H31NO. The molecule has 0 aromatic carbocycles. The molecular weight excluding hydrogens is 198 g/mol. The Labute approximate surface area is 102 Å². The smallest absolute Gasteiger partial charge is 0.0816 e. The van der Waals surface area contributed by atoms with Crippen LogP contribution in [0, 0.1) is 0 Å². The van der Waals surface area contributed by atoms with Gasteiger partial charge in [-0.15, -0.1) is 0 Å². The molecule has 16 heavy (non-hydrogen) atoms. The highest BCUT2D eigenvalue weighted by atomic mass is 16.7. The molecule has 0 N–H and O–H groups in total. The summed E-state index contributed by atoms with van der Waals surface area (Å²) in [6.45, 7) is 15.5. The lowest BCUT2D eigenvalue weighted by atomic mass is 9.82. The molecule has 0 radical (unpaired) electrons. The van der Waals surface area contributed by atoms with Crippen LogP contribution in [0.5, 0.6) is 0 Å². The second-order valence-corrected chi connectivity index (χ2v) is 6.98. The summed E-state index contributed by atoms with van der Waals surface area (Å²) in [6.07, 6.45) is 3.73. The van der Waals surface area contributed by atoms with Crippen LogP contribution < -0.4 is 0 Å². The lowest BCUT2D eigenvalue weighted by Crippen LogP contribution is -2.60. The van der Waals surface area contributed by atoms with Gasteiger partial charge < -0.3 is 0 Å². The molecule has 0 spiro atoms. The molecule has 98 valence electrons. The quantitative estimate of drug-likeness (QED) is 0.661. The van der Waals surface area contributed by atoms with Crippen LogP contribution >= 0.6 is 0 Å². The van der Waals surface area contributed by atoms with Crippen molar-refractivity contribution in [2.75, 3.05) is 0 Å². The van der Waals surface area contributed by atoms with E-state index < -0.39 is 0 Å². The van der Waals surface area contributed by atoms with Crippen molar-refractivity contribution in [1.82, 2.24) is 5.06 Å². The van der Waals surface area contributed by atoms with Gasteiger partial charge in [-0.25, -0.2) is 0 Å². The van der Waals surface area contributed by atoms with E-state index in [2.05, 4.69) is 53.5 Å². The van der Waals surface area contributed by atoms with Gasteiger partial charge in [0, 0.05) is 11.1 Å². The molecule has 1 rings (SSSR count).